The van der Waals surface area contributed by atoms with E-state index in [1.807, 2.05) is 0 Å². The fraction of sp³-hybridized carbons (Fsp3) is 0.600. The van der Waals surface area contributed by atoms with E-state index >= 15 is 0 Å². The second kappa shape index (κ2) is 6.42. The average Bonchev–Trinajstić information content (AvgIpc) is 2.87. The van der Waals surface area contributed by atoms with Crippen molar-refractivity contribution in [1.82, 2.24) is 4.72 Å². The Morgan fingerprint density at radius 3 is 2.29 bits per heavy atom. The van der Waals surface area contributed by atoms with E-state index in [0.717, 1.165) is 25.7 Å². The Kier molecular flexibility index (Phi) is 5.01. The Morgan fingerprint density at radius 2 is 1.81 bits per heavy atom. The fourth-order valence-electron chi connectivity index (χ4n) is 3.28. The molecule has 0 heterocycles. The number of rotatable bonds is 5. The summed E-state index contributed by atoms with van der Waals surface area (Å²) in [6.45, 7) is 3.50. The number of benzene rings is 1. The Labute approximate surface area is 126 Å². The predicted octanol–water partition coefficient (Wildman–Crippen LogP) is 2.24. The largest absolute Gasteiger partial charge is 0.329 e. The zero-order chi connectivity index (χ0) is 15.6. The molecule has 1 atom stereocenters. The molecule has 0 bridgehead atoms. The molecular weight excluding hydrogens is 291 g/mol. The molecule has 0 radical (unpaired) electrons. The van der Waals surface area contributed by atoms with Crippen LogP contribution in [0.25, 0.3) is 0 Å². The van der Waals surface area contributed by atoms with E-state index in [9.17, 15) is 12.8 Å². The Bertz CT molecular complexity index is 587. The Balaban J connectivity index is 2.29. The molecule has 0 saturated heterocycles. The van der Waals surface area contributed by atoms with Crippen LogP contribution in [0.3, 0.4) is 0 Å². The van der Waals surface area contributed by atoms with Crippen LogP contribution in [0.2, 0.25) is 0 Å². The van der Waals surface area contributed by atoms with Crippen LogP contribution in [0.15, 0.2) is 17.0 Å². The van der Waals surface area contributed by atoms with Gasteiger partial charge in [-0.1, -0.05) is 12.8 Å². The van der Waals surface area contributed by atoms with E-state index in [4.69, 9.17) is 5.73 Å². The molecule has 1 fully saturated rings. The van der Waals surface area contributed by atoms with Gasteiger partial charge >= 0.3 is 0 Å². The quantitative estimate of drug-likeness (QED) is 0.875. The second-order valence-electron chi connectivity index (χ2n) is 5.88. The van der Waals surface area contributed by atoms with Gasteiger partial charge in [0.25, 0.3) is 0 Å². The topological polar surface area (TPSA) is 72.2 Å². The summed E-state index contributed by atoms with van der Waals surface area (Å²) in [5, 5.41) is 0. The summed E-state index contributed by atoms with van der Waals surface area (Å²) in [6.07, 6.45) is 4.26. The summed E-state index contributed by atoms with van der Waals surface area (Å²) in [5.74, 6) is -0.124. The average molecular weight is 314 g/mol. The highest BCUT2D eigenvalue weighted by atomic mass is 32.2. The molecule has 1 aromatic carbocycles. The van der Waals surface area contributed by atoms with E-state index in [2.05, 4.69) is 4.72 Å². The monoisotopic (exact) mass is 314 g/mol. The first-order valence-corrected chi connectivity index (χ1v) is 8.82. The lowest BCUT2D eigenvalue weighted by Gasteiger charge is -2.24. The Hall–Kier alpha value is -0.980. The normalized spacial score (nSPS) is 18.1. The summed E-state index contributed by atoms with van der Waals surface area (Å²) in [7, 11) is -3.68. The van der Waals surface area contributed by atoms with E-state index in [1.54, 1.807) is 13.8 Å². The van der Waals surface area contributed by atoms with Crippen LogP contribution >= 0.6 is 0 Å². The first-order chi connectivity index (χ1) is 9.85. The molecular formula is C15H23FN2O2S. The maximum Gasteiger partial charge on any atom is 0.241 e. The van der Waals surface area contributed by atoms with Crippen LogP contribution in [-0.4, -0.2) is 21.0 Å². The number of halogens is 1. The number of hydrogen-bond donors (Lipinski definition) is 2. The smallest absolute Gasteiger partial charge is 0.241 e. The van der Waals surface area contributed by atoms with Gasteiger partial charge in [-0.2, -0.15) is 0 Å². The summed E-state index contributed by atoms with van der Waals surface area (Å²) in [4.78, 5) is 0.167. The lowest BCUT2D eigenvalue weighted by Crippen LogP contribution is -2.44. The summed E-state index contributed by atoms with van der Waals surface area (Å²) >= 11 is 0. The standard InChI is InChI=1S/C15H23FN2O2S/c1-10-7-13(16)8-11(2)15(10)21(19,20)18-14(9-17)12-5-3-4-6-12/h7-8,12,14,18H,3-6,9,17H2,1-2H3. The van der Waals surface area contributed by atoms with Crippen molar-refractivity contribution in [3.63, 3.8) is 0 Å². The molecule has 3 N–H and O–H groups in total. The van der Waals surface area contributed by atoms with Crippen molar-refractivity contribution >= 4 is 10.0 Å². The van der Waals surface area contributed by atoms with Gasteiger partial charge in [0.05, 0.1) is 4.90 Å². The number of nitrogens with one attached hydrogen (secondary N) is 1. The molecule has 1 saturated carbocycles. The number of hydrogen-bond acceptors (Lipinski definition) is 3. The molecule has 1 aromatic rings. The van der Waals surface area contributed by atoms with Crippen molar-refractivity contribution in [3.8, 4) is 0 Å². The first-order valence-electron chi connectivity index (χ1n) is 7.34. The summed E-state index contributed by atoms with van der Waals surface area (Å²) in [5.41, 5.74) is 6.59. The third kappa shape index (κ3) is 3.62. The van der Waals surface area contributed by atoms with Gasteiger partial charge in [0.2, 0.25) is 10.0 Å². The van der Waals surface area contributed by atoms with Gasteiger partial charge in [0.1, 0.15) is 5.82 Å². The van der Waals surface area contributed by atoms with Crippen LogP contribution in [0.1, 0.15) is 36.8 Å². The predicted molar refractivity (Wildman–Crippen MR) is 81.0 cm³/mol. The molecule has 1 unspecified atom stereocenters. The number of nitrogens with two attached hydrogens (primary N) is 1. The molecule has 0 spiro atoms. The molecule has 2 rings (SSSR count). The lowest BCUT2D eigenvalue weighted by atomic mass is 9.99. The fourth-order valence-corrected chi connectivity index (χ4v) is 5.05. The van der Waals surface area contributed by atoms with E-state index < -0.39 is 15.8 Å². The van der Waals surface area contributed by atoms with Crippen molar-refractivity contribution in [1.29, 1.82) is 0 Å². The first kappa shape index (κ1) is 16.4. The maximum absolute atomic E-state index is 13.3. The molecule has 0 amide bonds. The highest BCUT2D eigenvalue weighted by Gasteiger charge is 2.29. The molecule has 4 nitrogen and oxygen atoms in total. The number of sulfonamides is 1. The summed E-state index contributed by atoms with van der Waals surface area (Å²) < 4.78 is 41.3. The second-order valence-corrected chi connectivity index (χ2v) is 7.53. The third-order valence-corrected chi connectivity index (χ3v) is 6.02. The van der Waals surface area contributed by atoms with Gasteiger partial charge < -0.3 is 5.73 Å². The zero-order valence-electron chi connectivity index (χ0n) is 12.5. The number of aryl methyl sites for hydroxylation is 2. The van der Waals surface area contributed by atoms with E-state index in [1.165, 1.54) is 12.1 Å². The molecule has 118 valence electrons. The zero-order valence-corrected chi connectivity index (χ0v) is 13.3. The van der Waals surface area contributed by atoms with E-state index in [-0.39, 0.29) is 17.5 Å². The van der Waals surface area contributed by atoms with Gasteiger partial charge in [-0.05, 0) is 55.9 Å². The summed E-state index contributed by atoms with van der Waals surface area (Å²) in [6, 6.07) is 2.24. The van der Waals surface area contributed by atoms with E-state index in [0.29, 0.717) is 17.0 Å². The molecule has 21 heavy (non-hydrogen) atoms. The van der Waals surface area contributed by atoms with Crippen molar-refractivity contribution in [2.24, 2.45) is 11.7 Å². The molecule has 0 aliphatic heterocycles. The van der Waals surface area contributed by atoms with Crippen LogP contribution in [-0.2, 0) is 10.0 Å². The molecule has 0 aromatic heterocycles. The molecule has 6 heteroatoms. The maximum atomic E-state index is 13.3. The minimum absolute atomic E-state index is 0.167. The lowest BCUT2D eigenvalue weighted by molar-refractivity contribution is 0.405. The van der Waals surface area contributed by atoms with Gasteiger partial charge in [-0.25, -0.2) is 17.5 Å². The van der Waals surface area contributed by atoms with Gasteiger partial charge in [-0.15, -0.1) is 0 Å². The third-order valence-electron chi connectivity index (χ3n) is 4.22. The highest BCUT2D eigenvalue weighted by molar-refractivity contribution is 7.89. The Morgan fingerprint density at radius 1 is 1.29 bits per heavy atom. The van der Waals surface area contributed by atoms with Gasteiger partial charge in [0, 0.05) is 12.6 Å². The molecule has 1 aliphatic carbocycles. The highest BCUT2D eigenvalue weighted by Crippen LogP contribution is 2.29. The van der Waals surface area contributed by atoms with Crippen LogP contribution in [0.5, 0.6) is 0 Å². The van der Waals surface area contributed by atoms with Crippen molar-refractivity contribution in [2.75, 3.05) is 6.54 Å². The molecule has 1 aliphatic rings. The SMILES string of the molecule is Cc1cc(F)cc(C)c1S(=O)(=O)NC(CN)C1CCCC1. The van der Waals surface area contributed by atoms with Gasteiger partial charge in [-0.3, -0.25) is 0 Å². The van der Waals surface area contributed by atoms with Crippen molar-refractivity contribution in [2.45, 2.75) is 50.5 Å². The minimum Gasteiger partial charge on any atom is -0.329 e. The van der Waals surface area contributed by atoms with Crippen LogP contribution < -0.4 is 10.5 Å². The van der Waals surface area contributed by atoms with Gasteiger partial charge in [0.15, 0.2) is 0 Å². The van der Waals surface area contributed by atoms with Crippen LogP contribution in [0.4, 0.5) is 4.39 Å². The van der Waals surface area contributed by atoms with Crippen molar-refractivity contribution in [3.05, 3.63) is 29.1 Å². The van der Waals surface area contributed by atoms with Crippen LogP contribution in [0, 0.1) is 25.6 Å². The van der Waals surface area contributed by atoms with Crippen molar-refractivity contribution < 1.29 is 12.8 Å². The minimum atomic E-state index is -3.68.